The van der Waals surface area contributed by atoms with Crippen molar-refractivity contribution in [1.29, 1.82) is 0 Å². The molecule has 0 aromatic rings. The van der Waals surface area contributed by atoms with Crippen LogP contribution >= 0.6 is 0 Å². The third-order valence-electron chi connectivity index (χ3n) is 2.39. The molecule has 0 saturated carbocycles. The highest BCUT2D eigenvalue weighted by atomic mass is 16.4. The summed E-state index contributed by atoms with van der Waals surface area (Å²) in [6.07, 6.45) is 3.95. The smallest absolute Gasteiger partial charge is 0.326 e. The summed E-state index contributed by atoms with van der Waals surface area (Å²) in [6, 6.07) is -0.972. The quantitative estimate of drug-likeness (QED) is 0.229. The van der Waals surface area contributed by atoms with E-state index in [1.807, 2.05) is 0 Å². The number of carboxylic acid groups (broad SMARTS) is 1. The molecule has 6 nitrogen and oxygen atoms in total. The van der Waals surface area contributed by atoms with Gasteiger partial charge in [0.25, 0.3) is 0 Å². The summed E-state index contributed by atoms with van der Waals surface area (Å²) in [6.45, 7) is 3.88. The molecule has 0 fully saturated rings. The monoisotopic (exact) mass is 227 g/mol. The van der Waals surface area contributed by atoms with Gasteiger partial charge < -0.3 is 16.6 Å². The van der Waals surface area contributed by atoms with Gasteiger partial charge in [-0.1, -0.05) is 6.08 Å². The van der Waals surface area contributed by atoms with Crippen LogP contribution in [0.3, 0.4) is 0 Å². The Kier molecular flexibility index (Phi) is 6.25. The zero-order valence-electron chi connectivity index (χ0n) is 9.06. The molecule has 2 unspecified atom stereocenters. The Balaban J connectivity index is 4.84. The number of aliphatic imine (C=N–C) groups is 1. The van der Waals surface area contributed by atoms with E-state index in [1.165, 1.54) is 12.2 Å². The van der Waals surface area contributed by atoms with Crippen LogP contribution in [0.4, 0.5) is 0 Å². The molecule has 0 spiro atoms. The van der Waals surface area contributed by atoms with Crippen molar-refractivity contribution >= 4 is 12.0 Å². The van der Waals surface area contributed by atoms with E-state index in [2.05, 4.69) is 11.6 Å². The van der Waals surface area contributed by atoms with E-state index in [0.717, 1.165) is 0 Å². The van der Waals surface area contributed by atoms with E-state index in [-0.39, 0.29) is 6.42 Å². The third-order valence-corrected chi connectivity index (χ3v) is 2.39. The first-order chi connectivity index (χ1) is 7.52. The molecular weight excluding hydrogens is 210 g/mol. The topological polar surface area (TPSA) is 119 Å². The van der Waals surface area contributed by atoms with Crippen LogP contribution in [0.5, 0.6) is 0 Å². The van der Waals surface area contributed by atoms with Gasteiger partial charge in [0, 0.05) is 0 Å². The number of nitrogens with zero attached hydrogens (tertiary/aromatic N) is 1. The molecule has 16 heavy (non-hydrogen) atoms. The van der Waals surface area contributed by atoms with E-state index < -0.39 is 17.6 Å². The maximum absolute atomic E-state index is 11.1. The molecule has 0 rings (SSSR count). The lowest BCUT2D eigenvalue weighted by atomic mass is 9.86. The van der Waals surface area contributed by atoms with Crippen molar-refractivity contribution in [1.82, 2.24) is 0 Å². The summed E-state index contributed by atoms with van der Waals surface area (Å²) in [5.74, 6) is -1.21. The molecule has 0 heterocycles. The Bertz CT molecular complexity index is 300. The maximum atomic E-state index is 11.1. The van der Waals surface area contributed by atoms with Crippen LogP contribution < -0.4 is 11.5 Å². The standard InChI is InChI=1S/C10H17N3O3/c1-2-8(13-7-14)10(12,9(15)16)5-3-4-6-11/h2,8H,1,3-6,11-12H2,(H,15,16). The van der Waals surface area contributed by atoms with Crippen molar-refractivity contribution in [2.45, 2.75) is 30.8 Å². The number of isocyanates is 1. The number of unbranched alkanes of at least 4 members (excludes halogenated alkanes) is 1. The number of carbonyl (C=O) groups is 1. The van der Waals surface area contributed by atoms with Crippen LogP contribution in [0.1, 0.15) is 19.3 Å². The average Bonchev–Trinajstić information content (AvgIpc) is 2.25. The summed E-state index contributed by atoms with van der Waals surface area (Å²) in [5, 5.41) is 9.07. The van der Waals surface area contributed by atoms with Crippen molar-refractivity contribution in [2.75, 3.05) is 6.54 Å². The van der Waals surface area contributed by atoms with Crippen molar-refractivity contribution in [2.24, 2.45) is 16.5 Å². The highest BCUT2D eigenvalue weighted by Crippen LogP contribution is 2.19. The molecule has 0 aliphatic carbocycles. The number of carboxylic acids is 1. The molecule has 0 aromatic heterocycles. The molecule has 0 bridgehead atoms. The number of hydrogen-bond donors (Lipinski definition) is 3. The number of rotatable bonds is 8. The Morgan fingerprint density at radius 3 is 2.62 bits per heavy atom. The van der Waals surface area contributed by atoms with Crippen molar-refractivity contribution < 1.29 is 14.7 Å². The van der Waals surface area contributed by atoms with Gasteiger partial charge in [0.05, 0.1) is 0 Å². The van der Waals surface area contributed by atoms with E-state index in [4.69, 9.17) is 16.6 Å². The van der Waals surface area contributed by atoms with Gasteiger partial charge in [-0.3, -0.25) is 4.79 Å². The minimum Gasteiger partial charge on any atom is -0.480 e. The maximum Gasteiger partial charge on any atom is 0.326 e. The Morgan fingerprint density at radius 1 is 1.62 bits per heavy atom. The van der Waals surface area contributed by atoms with Gasteiger partial charge in [0.15, 0.2) is 0 Å². The summed E-state index contributed by atoms with van der Waals surface area (Å²) < 4.78 is 0. The fraction of sp³-hybridized carbons (Fsp3) is 0.600. The number of hydrogen-bond acceptors (Lipinski definition) is 5. The predicted molar refractivity (Wildman–Crippen MR) is 59.6 cm³/mol. The van der Waals surface area contributed by atoms with Gasteiger partial charge in [-0.05, 0) is 25.8 Å². The molecule has 90 valence electrons. The molecule has 5 N–H and O–H groups in total. The second kappa shape index (κ2) is 6.90. The first-order valence-corrected chi connectivity index (χ1v) is 4.94. The van der Waals surface area contributed by atoms with Gasteiger partial charge in [-0.25, -0.2) is 4.79 Å². The predicted octanol–water partition coefficient (Wildman–Crippen LogP) is -0.212. The van der Waals surface area contributed by atoms with E-state index in [1.54, 1.807) is 0 Å². The molecule has 0 aromatic carbocycles. The first kappa shape index (κ1) is 14.5. The largest absolute Gasteiger partial charge is 0.480 e. The molecule has 0 saturated heterocycles. The van der Waals surface area contributed by atoms with Crippen molar-refractivity contribution in [3.8, 4) is 0 Å². The van der Waals surface area contributed by atoms with Crippen molar-refractivity contribution in [3.05, 3.63) is 12.7 Å². The van der Waals surface area contributed by atoms with E-state index >= 15 is 0 Å². The van der Waals surface area contributed by atoms with Gasteiger partial charge in [0.2, 0.25) is 6.08 Å². The average molecular weight is 227 g/mol. The lowest BCUT2D eigenvalue weighted by molar-refractivity contribution is -0.144. The highest BCUT2D eigenvalue weighted by Gasteiger charge is 2.40. The minimum atomic E-state index is -1.62. The Labute approximate surface area is 94.0 Å². The fourth-order valence-corrected chi connectivity index (χ4v) is 1.38. The lowest BCUT2D eigenvalue weighted by Gasteiger charge is -2.28. The normalized spacial score (nSPS) is 15.6. The molecule has 2 atom stereocenters. The van der Waals surface area contributed by atoms with Crippen molar-refractivity contribution in [3.63, 3.8) is 0 Å². The van der Waals surface area contributed by atoms with Gasteiger partial charge in [-0.2, -0.15) is 4.99 Å². The van der Waals surface area contributed by atoms with Crippen LogP contribution in [0.25, 0.3) is 0 Å². The second-order valence-electron chi connectivity index (χ2n) is 3.49. The zero-order chi connectivity index (χ0) is 12.6. The molecule has 0 amide bonds. The number of aliphatic carboxylic acids is 1. The molecule has 0 radical (unpaired) electrons. The summed E-state index contributed by atoms with van der Waals surface area (Å²) in [7, 11) is 0. The van der Waals surface area contributed by atoms with Gasteiger partial charge in [-0.15, -0.1) is 6.58 Å². The van der Waals surface area contributed by atoms with E-state index in [0.29, 0.717) is 19.4 Å². The van der Waals surface area contributed by atoms with Crippen LogP contribution in [0, 0.1) is 0 Å². The van der Waals surface area contributed by atoms with E-state index in [9.17, 15) is 9.59 Å². The number of carbonyl (C=O) groups excluding carboxylic acids is 1. The van der Waals surface area contributed by atoms with Crippen LogP contribution in [0.2, 0.25) is 0 Å². The molecule has 0 aliphatic heterocycles. The zero-order valence-corrected chi connectivity index (χ0v) is 9.06. The van der Waals surface area contributed by atoms with Gasteiger partial charge in [0.1, 0.15) is 11.6 Å². The van der Waals surface area contributed by atoms with Crippen LogP contribution in [0.15, 0.2) is 17.6 Å². The summed E-state index contributed by atoms with van der Waals surface area (Å²) in [4.78, 5) is 24.6. The Hall–Kier alpha value is -1.49. The fourth-order valence-electron chi connectivity index (χ4n) is 1.38. The SMILES string of the molecule is C=CC(N=C=O)C(N)(CCCCN)C(=O)O. The summed E-state index contributed by atoms with van der Waals surface area (Å²) in [5.41, 5.74) is 9.43. The molecule has 6 heteroatoms. The highest BCUT2D eigenvalue weighted by molar-refractivity contribution is 5.80. The van der Waals surface area contributed by atoms with Crippen LogP contribution in [-0.4, -0.2) is 35.3 Å². The molecular formula is C10H17N3O3. The third kappa shape index (κ3) is 3.58. The minimum absolute atomic E-state index is 0.182. The molecule has 0 aliphatic rings. The van der Waals surface area contributed by atoms with Gasteiger partial charge >= 0.3 is 5.97 Å². The lowest BCUT2D eigenvalue weighted by Crippen LogP contribution is -2.56. The first-order valence-electron chi connectivity index (χ1n) is 4.94. The summed E-state index contributed by atoms with van der Waals surface area (Å²) >= 11 is 0. The number of nitrogens with two attached hydrogens (primary N) is 2. The van der Waals surface area contributed by atoms with Crippen LogP contribution in [-0.2, 0) is 9.59 Å². The second-order valence-corrected chi connectivity index (χ2v) is 3.49. The Morgan fingerprint density at radius 2 is 2.25 bits per heavy atom.